The fraction of sp³-hybridized carbons (Fsp3) is 0.125. The molecule has 0 aromatic heterocycles. The number of hydrogen-bond donors (Lipinski definition) is 2. The zero-order chi connectivity index (χ0) is 12.5. The Balaban J connectivity index is 1.86. The summed E-state index contributed by atoms with van der Waals surface area (Å²) in [5, 5.41) is 0. The van der Waals surface area contributed by atoms with Gasteiger partial charge < -0.3 is 11.5 Å². The molecule has 90 valence electrons. The second kappa shape index (κ2) is 4.22. The highest BCUT2D eigenvalue weighted by molar-refractivity contribution is 5.77. The van der Waals surface area contributed by atoms with Gasteiger partial charge in [0.25, 0.3) is 0 Å². The molecule has 2 nitrogen and oxygen atoms in total. The van der Waals surface area contributed by atoms with Gasteiger partial charge in [-0.3, -0.25) is 0 Å². The first-order chi connectivity index (χ1) is 8.74. The molecule has 4 N–H and O–H groups in total. The number of allylic oxidation sites excluding steroid dienone is 6. The summed E-state index contributed by atoms with van der Waals surface area (Å²) in [5.74, 6) is 0.234. The van der Waals surface area contributed by atoms with E-state index in [2.05, 4.69) is 36.4 Å². The lowest BCUT2D eigenvalue weighted by molar-refractivity contribution is 0.990. The molecule has 18 heavy (non-hydrogen) atoms. The van der Waals surface area contributed by atoms with Gasteiger partial charge >= 0.3 is 0 Å². The molecule has 0 saturated carbocycles. The molecule has 0 bridgehead atoms. The quantitative estimate of drug-likeness (QED) is 0.829. The van der Waals surface area contributed by atoms with E-state index >= 15 is 0 Å². The monoisotopic (exact) mass is 236 g/mol. The van der Waals surface area contributed by atoms with Gasteiger partial charge in [-0.2, -0.15) is 0 Å². The molecular weight excluding hydrogens is 220 g/mol. The molecule has 0 amide bonds. The Kier molecular flexibility index (Phi) is 2.56. The van der Waals surface area contributed by atoms with Crippen LogP contribution in [-0.4, -0.2) is 0 Å². The first-order valence-electron chi connectivity index (χ1n) is 6.14. The van der Waals surface area contributed by atoms with Gasteiger partial charge in [0.15, 0.2) is 0 Å². The van der Waals surface area contributed by atoms with Gasteiger partial charge in [-0.1, -0.05) is 42.5 Å². The van der Waals surface area contributed by atoms with E-state index in [4.69, 9.17) is 11.5 Å². The molecule has 3 rings (SSSR count). The van der Waals surface area contributed by atoms with Crippen molar-refractivity contribution >= 4 is 5.57 Å². The Labute approximate surface area is 107 Å². The van der Waals surface area contributed by atoms with Crippen molar-refractivity contribution in [2.45, 2.75) is 12.3 Å². The van der Waals surface area contributed by atoms with Crippen LogP contribution in [0.1, 0.15) is 23.5 Å². The summed E-state index contributed by atoms with van der Waals surface area (Å²) >= 11 is 0. The fourth-order valence-corrected chi connectivity index (χ4v) is 2.43. The Hall–Kier alpha value is -2.22. The van der Waals surface area contributed by atoms with Crippen LogP contribution in [0.4, 0.5) is 0 Å². The molecular formula is C16H16N2. The molecule has 0 saturated heterocycles. The zero-order valence-corrected chi connectivity index (χ0v) is 10.1. The zero-order valence-electron chi connectivity index (χ0n) is 10.1. The predicted molar refractivity (Wildman–Crippen MR) is 75.5 cm³/mol. The molecule has 0 fully saturated rings. The minimum atomic E-state index is 0.234. The van der Waals surface area contributed by atoms with Crippen molar-refractivity contribution in [2.75, 3.05) is 0 Å². The second-order valence-corrected chi connectivity index (χ2v) is 4.73. The maximum atomic E-state index is 5.95. The van der Waals surface area contributed by atoms with E-state index in [0.717, 1.165) is 17.8 Å². The first kappa shape index (κ1) is 10.9. The summed E-state index contributed by atoms with van der Waals surface area (Å²) in [7, 11) is 0. The number of benzene rings is 1. The molecule has 1 aromatic rings. The molecule has 1 aromatic carbocycles. The standard InChI is InChI=1S/C16H16N2/c17-14-9-8-13(10-14)11-4-6-12(7-5-11)15-2-1-3-16(15)18/h1-8,10,15H,9,17-18H2. The normalized spacial score (nSPS) is 21.8. The van der Waals surface area contributed by atoms with Crippen molar-refractivity contribution in [3.63, 3.8) is 0 Å². The highest BCUT2D eigenvalue weighted by atomic mass is 14.6. The summed E-state index contributed by atoms with van der Waals surface area (Å²) in [4.78, 5) is 0. The van der Waals surface area contributed by atoms with Crippen molar-refractivity contribution in [1.29, 1.82) is 0 Å². The Morgan fingerprint density at radius 2 is 1.83 bits per heavy atom. The highest BCUT2D eigenvalue weighted by Gasteiger charge is 2.14. The van der Waals surface area contributed by atoms with E-state index in [1.807, 2.05) is 18.2 Å². The maximum absolute atomic E-state index is 5.95. The molecule has 2 aliphatic carbocycles. The smallest absolute Gasteiger partial charge is 0.0418 e. The van der Waals surface area contributed by atoms with Crippen LogP contribution in [0.2, 0.25) is 0 Å². The maximum Gasteiger partial charge on any atom is 0.0418 e. The lowest BCUT2D eigenvalue weighted by Crippen LogP contribution is -2.05. The van der Waals surface area contributed by atoms with E-state index in [1.165, 1.54) is 16.7 Å². The fourth-order valence-electron chi connectivity index (χ4n) is 2.43. The topological polar surface area (TPSA) is 52.0 Å². The van der Waals surface area contributed by atoms with Crippen molar-refractivity contribution in [1.82, 2.24) is 0 Å². The number of hydrogen-bond acceptors (Lipinski definition) is 2. The average molecular weight is 236 g/mol. The van der Waals surface area contributed by atoms with Crippen LogP contribution in [0, 0.1) is 0 Å². The molecule has 0 radical (unpaired) electrons. The van der Waals surface area contributed by atoms with E-state index < -0.39 is 0 Å². The van der Waals surface area contributed by atoms with Gasteiger partial charge in [0.05, 0.1) is 0 Å². The van der Waals surface area contributed by atoms with E-state index in [1.54, 1.807) is 0 Å². The molecule has 2 heteroatoms. The predicted octanol–water partition coefficient (Wildman–Crippen LogP) is 2.81. The lowest BCUT2D eigenvalue weighted by atomic mass is 9.96. The minimum absolute atomic E-state index is 0.234. The average Bonchev–Trinajstić information content (AvgIpc) is 2.98. The Bertz CT molecular complexity index is 586. The van der Waals surface area contributed by atoms with Crippen LogP contribution in [0.25, 0.3) is 5.57 Å². The van der Waals surface area contributed by atoms with E-state index in [9.17, 15) is 0 Å². The molecule has 0 aliphatic heterocycles. The van der Waals surface area contributed by atoms with Crippen LogP contribution in [-0.2, 0) is 0 Å². The third kappa shape index (κ3) is 1.86. The lowest BCUT2D eigenvalue weighted by Gasteiger charge is -2.11. The molecule has 0 heterocycles. The molecule has 0 spiro atoms. The van der Waals surface area contributed by atoms with E-state index in [0.29, 0.717) is 0 Å². The number of rotatable bonds is 2. The van der Waals surface area contributed by atoms with Gasteiger partial charge in [-0.15, -0.1) is 0 Å². The van der Waals surface area contributed by atoms with Gasteiger partial charge in [0.1, 0.15) is 0 Å². The van der Waals surface area contributed by atoms with Crippen molar-refractivity contribution in [3.8, 4) is 0 Å². The van der Waals surface area contributed by atoms with Crippen molar-refractivity contribution in [2.24, 2.45) is 11.5 Å². The first-order valence-corrected chi connectivity index (χ1v) is 6.14. The van der Waals surface area contributed by atoms with Crippen LogP contribution >= 0.6 is 0 Å². The van der Waals surface area contributed by atoms with Crippen LogP contribution in [0.3, 0.4) is 0 Å². The third-order valence-corrected chi connectivity index (χ3v) is 3.45. The second-order valence-electron chi connectivity index (χ2n) is 4.73. The summed E-state index contributed by atoms with van der Waals surface area (Å²) in [6.45, 7) is 0. The van der Waals surface area contributed by atoms with Crippen LogP contribution < -0.4 is 11.5 Å². The highest BCUT2D eigenvalue weighted by Crippen LogP contribution is 2.29. The van der Waals surface area contributed by atoms with Gasteiger partial charge in [0, 0.05) is 23.7 Å². The van der Waals surface area contributed by atoms with Crippen molar-refractivity contribution < 1.29 is 0 Å². The molecule has 2 aliphatic rings. The SMILES string of the molecule is NC1=CC(c2ccc(C3C=CC=C3N)cc2)=CC1. The molecule has 1 unspecified atom stereocenters. The largest absolute Gasteiger partial charge is 0.402 e. The van der Waals surface area contributed by atoms with Crippen molar-refractivity contribution in [3.05, 3.63) is 77.2 Å². The summed E-state index contributed by atoms with van der Waals surface area (Å²) < 4.78 is 0. The van der Waals surface area contributed by atoms with E-state index in [-0.39, 0.29) is 5.92 Å². The van der Waals surface area contributed by atoms with Gasteiger partial charge in [-0.05, 0) is 28.9 Å². The summed E-state index contributed by atoms with van der Waals surface area (Å²) in [5.41, 5.74) is 17.2. The van der Waals surface area contributed by atoms with Gasteiger partial charge in [-0.25, -0.2) is 0 Å². The molecule has 1 atom stereocenters. The minimum Gasteiger partial charge on any atom is -0.402 e. The van der Waals surface area contributed by atoms with Crippen LogP contribution in [0.15, 0.2) is 66.0 Å². The van der Waals surface area contributed by atoms with Crippen LogP contribution in [0.5, 0.6) is 0 Å². The third-order valence-electron chi connectivity index (χ3n) is 3.45. The number of nitrogens with two attached hydrogens (primary N) is 2. The Morgan fingerprint density at radius 3 is 2.39 bits per heavy atom. The Morgan fingerprint density at radius 1 is 1.06 bits per heavy atom. The summed E-state index contributed by atoms with van der Waals surface area (Å²) in [6, 6.07) is 8.55. The van der Waals surface area contributed by atoms with Gasteiger partial charge in [0.2, 0.25) is 0 Å². The summed E-state index contributed by atoms with van der Waals surface area (Å²) in [6.07, 6.45) is 11.2.